The second-order valence-electron chi connectivity index (χ2n) is 8.83. The molecule has 1 fully saturated rings. The van der Waals surface area contributed by atoms with Crippen molar-refractivity contribution in [3.8, 4) is 22.6 Å². The van der Waals surface area contributed by atoms with E-state index < -0.39 is 0 Å². The summed E-state index contributed by atoms with van der Waals surface area (Å²) in [6.07, 6.45) is 5.74. The average Bonchev–Trinajstić information content (AvgIpc) is 3.57. The van der Waals surface area contributed by atoms with Crippen LogP contribution in [0.1, 0.15) is 36.3 Å². The Balaban J connectivity index is 1.23. The fraction of sp³-hybridized carbons (Fsp3) is 0.320. The van der Waals surface area contributed by atoms with Gasteiger partial charge in [0, 0.05) is 23.5 Å². The molecule has 33 heavy (non-hydrogen) atoms. The lowest BCUT2D eigenvalue weighted by atomic mass is 9.92. The van der Waals surface area contributed by atoms with E-state index in [4.69, 9.17) is 15.7 Å². The fourth-order valence-corrected chi connectivity index (χ4v) is 4.55. The monoisotopic (exact) mass is 441 g/mol. The smallest absolute Gasteiger partial charge is 0.227 e. The second-order valence-corrected chi connectivity index (χ2v) is 8.83. The molecule has 5 rings (SSSR count). The molecule has 2 atom stereocenters. The number of aromatic nitrogens is 5. The van der Waals surface area contributed by atoms with Crippen LogP contribution in [0.3, 0.4) is 0 Å². The number of nitrogens with two attached hydrogens (primary N) is 1. The molecular weight excluding hydrogens is 414 g/mol. The molecule has 2 heterocycles. The van der Waals surface area contributed by atoms with Crippen molar-refractivity contribution in [3.63, 3.8) is 0 Å². The van der Waals surface area contributed by atoms with E-state index >= 15 is 0 Å². The lowest BCUT2D eigenvalue weighted by Crippen LogP contribution is -2.26. The molecule has 0 radical (unpaired) electrons. The molecule has 1 aliphatic rings. The van der Waals surface area contributed by atoms with Gasteiger partial charge in [-0.2, -0.15) is 4.98 Å². The van der Waals surface area contributed by atoms with Crippen LogP contribution < -0.4 is 5.73 Å². The molecule has 168 valence electrons. The summed E-state index contributed by atoms with van der Waals surface area (Å²) in [7, 11) is 0. The molecule has 1 aliphatic carbocycles. The maximum Gasteiger partial charge on any atom is 0.227 e. The SMILES string of the molecule is Cc1ccc(-c2cn(Cc3ccc(-c4noc(CC5CCCC5C(=N)N)n4)cc3)nn2)cc1. The topological polar surface area (TPSA) is 120 Å². The van der Waals surface area contributed by atoms with Gasteiger partial charge in [-0.25, -0.2) is 4.68 Å². The van der Waals surface area contributed by atoms with E-state index in [-0.39, 0.29) is 11.8 Å². The van der Waals surface area contributed by atoms with Crippen molar-refractivity contribution in [1.29, 1.82) is 5.41 Å². The first-order valence-electron chi connectivity index (χ1n) is 11.3. The number of hydrogen-bond acceptors (Lipinski definition) is 6. The van der Waals surface area contributed by atoms with Crippen molar-refractivity contribution in [2.24, 2.45) is 17.6 Å². The van der Waals surface area contributed by atoms with Crippen molar-refractivity contribution in [1.82, 2.24) is 25.1 Å². The molecule has 0 aliphatic heterocycles. The summed E-state index contributed by atoms with van der Waals surface area (Å²) < 4.78 is 7.33. The minimum Gasteiger partial charge on any atom is -0.387 e. The zero-order valence-corrected chi connectivity index (χ0v) is 18.6. The minimum absolute atomic E-state index is 0.128. The highest BCUT2D eigenvalue weighted by molar-refractivity contribution is 5.80. The quantitative estimate of drug-likeness (QED) is 0.327. The van der Waals surface area contributed by atoms with E-state index in [9.17, 15) is 0 Å². The lowest BCUT2D eigenvalue weighted by Gasteiger charge is -2.15. The third kappa shape index (κ3) is 4.69. The molecule has 0 bridgehead atoms. The lowest BCUT2D eigenvalue weighted by molar-refractivity contribution is 0.342. The van der Waals surface area contributed by atoms with Gasteiger partial charge in [0.2, 0.25) is 11.7 Å². The Morgan fingerprint density at radius 1 is 1.09 bits per heavy atom. The van der Waals surface area contributed by atoms with Crippen molar-refractivity contribution in [2.75, 3.05) is 0 Å². The van der Waals surface area contributed by atoms with Gasteiger partial charge in [-0.3, -0.25) is 5.41 Å². The van der Waals surface area contributed by atoms with Crippen LogP contribution >= 0.6 is 0 Å². The maximum atomic E-state index is 7.78. The van der Waals surface area contributed by atoms with Gasteiger partial charge in [0.1, 0.15) is 5.69 Å². The minimum atomic E-state index is 0.128. The Kier molecular flexibility index (Phi) is 5.73. The van der Waals surface area contributed by atoms with Crippen LogP contribution in [0.2, 0.25) is 0 Å². The summed E-state index contributed by atoms with van der Waals surface area (Å²) >= 11 is 0. The predicted molar refractivity (Wildman–Crippen MR) is 125 cm³/mol. The maximum absolute atomic E-state index is 7.78. The van der Waals surface area contributed by atoms with E-state index in [0.29, 0.717) is 30.6 Å². The highest BCUT2D eigenvalue weighted by atomic mass is 16.5. The Morgan fingerprint density at radius 3 is 2.61 bits per heavy atom. The highest BCUT2D eigenvalue weighted by Gasteiger charge is 2.31. The Hall–Kier alpha value is -3.81. The van der Waals surface area contributed by atoms with Crippen LogP contribution in [0.5, 0.6) is 0 Å². The Bertz CT molecular complexity index is 1240. The number of benzene rings is 2. The first-order chi connectivity index (χ1) is 16.0. The third-order valence-corrected chi connectivity index (χ3v) is 6.41. The molecule has 8 heteroatoms. The van der Waals surface area contributed by atoms with Crippen molar-refractivity contribution in [2.45, 2.75) is 39.2 Å². The summed E-state index contributed by atoms with van der Waals surface area (Å²) in [6, 6.07) is 16.3. The Labute approximate surface area is 192 Å². The van der Waals surface area contributed by atoms with Gasteiger partial charge in [0.25, 0.3) is 0 Å². The molecular formula is C25H27N7O. The third-order valence-electron chi connectivity index (χ3n) is 6.41. The summed E-state index contributed by atoms with van der Waals surface area (Å²) in [5.74, 6) is 1.90. The van der Waals surface area contributed by atoms with Crippen molar-refractivity contribution < 1.29 is 4.52 Å². The van der Waals surface area contributed by atoms with Crippen LogP contribution in [0.25, 0.3) is 22.6 Å². The number of amidine groups is 1. The van der Waals surface area contributed by atoms with Crippen LogP contribution in [-0.4, -0.2) is 31.0 Å². The normalized spacial score (nSPS) is 18.0. The first-order valence-corrected chi connectivity index (χ1v) is 11.3. The van der Waals surface area contributed by atoms with E-state index in [1.165, 1.54) is 5.56 Å². The fourth-order valence-electron chi connectivity index (χ4n) is 4.55. The first kappa shape index (κ1) is 21.1. The van der Waals surface area contributed by atoms with Gasteiger partial charge in [0.15, 0.2) is 0 Å². The summed E-state index contributed by atoms with van der Waals surface area (Å²) in [5.41, 5.74) is 10.9. The van der Waals surface area contributed by atoms with Crippen LogP contribution in [-0.2, 0) is 13.0 Å². The summed E-state index contributed by atoms with van der Waals surface area (Å²) in [6.45, 7) is 2.70. The number of aryl methyl sites for hydroxylation is 1. The zero-order chi connectivity index (χ0) is 22.8. The molecule has 1 saturated carbocycles. The van der Waals surface area contributed by atoms with Crippen molar-refractivity contribution >= 4 is 5.84 Å². The second kappa shape index (κ2) is 8.97. The van der Waals surface area contributed by atoms with Gasteiger partial charge < -0.3 is 10.3 Å². The van der Waals surface area contributed by atoms with Gasteiger partial charge in [0.05, 0.1) is 18.6 Å². The standard InChI is InChI=1S/C25H27N7O/c1-16-5-9-18(10-6-16)22-15-32(31-29-22)14-17-7-11-19(12-8-17)25-28-23(33-30-25)13-20-3-2-4-21(20)24(26)27/h5-12,15,20-21H,2-4,13-14H2,1H3,(H3,26,27). The predicted octanol–water partition coefficient (Wildman–Crippen LogP) is 4.25. The van der Waals surface area contributed by atoms with Gasteiger partial charge >= 0.3 is 0 Å². The van der Waals surface area contributed by atoms with Gasteiger partial charge in [-0.05, 0) is 31.2 Å². The van der Waals surface area contributed by atoms with Crippen LogP contribution in [0, 0.1) is 24.2 Å². The largest absolute Gasteiger partial charge is 0.387 e. The summed E-state index contributed by atoms with van der Waals surface area (Å²) in [5, 5.41) is 20.5. The molecule has 2 aromatic carbocycles. The molecule has 0 spiro atoms. The van der Waals surface area contributed by atoms with Gasteiger partial charge in [-0.1, -0.05) is 70.9 Å². The number of nitrogens with one attached hydrogen (secondary N) is 1. The number of hydrogen-bond donors (Lipinski definition) is 2. The molecule has 4 aromatic rings. The number of rotatable bonds is 7. The Morgan fingerprint density at radius 2 is 1.85 bits per heavy atom. The van der Waals surface area contributed by atoms with Gasteiger partial charge in [-0.15, -0.1) is 5.10 Å². The highest BCUT2D eigenvalue weighted by Crippen LogP contribution is 2.34. The average molecular weight is 442 g/mol. The van der Waals surface area contributed by atoms with E-state index in [2.05, 4.69) is 51.6 Å². The van der Waals surface area contributed by atoms with Crippen molar-refractivity contribution in [3.05, 3.63) is 71.7 Å². The molecule has 0 amide bonds. The van der Waals surface area contributed by atoms with E-state index in [1.807, 2.05) is 35.1 Å². The van der Waals surface area contributed by atoms with Crippen LogP contribution in [0.15, 0.2) is 59.3 Å². The van der Waals surface area contributed by atoms with Crippen LogP contribution in [0.4, 0.5) is 0 Å². The number of nitrogens with zero attached hydrogens (tertiary/aromatic N) is 5. The molecule has 3 N–H and O–H groups in total. The van der Waals surface area contributed by atoms with E-state index in [1.54, 1.807) is 0 Å². The molecule has 8 nitrogen and oxygen atoms in total. The molecule has 0 saturated heterocycles. The van der Waals surface area contributed by atoms with E-state index in [0.717, 1.165) is 41.6 Å². The molecule has 2 aromatic heterocycles. The zero-order valence-electron chi connectivity index (χ0n) is 18.6. The molecule has 2 unspecified atom stereocenters. The summed E-state index contributed by atoms with van der Waals surface area (Å²) in [4.78, 5) is 4.58.